The monoisotopic (exact) mass is 228 g/mol. The van der Waals surface area contributed by atoms with E-state index in [9.17, 15) is 0 Å². The zero-order valence-electron chi connectivity index (χ0n) is 10.7. The Kier molecular flexibility index (Phi) is 2.89. The Morgan fingerprint density at radius 3 is 2.62 bits per heavy atom. The van der Waals surface area contributed by atoms with Gasteiger partial charge in [-0.05, 0) is 30.0 Å². The molecule has 1 aliphatic rings. The van der Waals surface area contributed by atoms with Crippen molar-refractivity contribution in [2.45, 2.75) is 33.0 Å². The molecule has 0 amide bonds. The fraction of sp³-hybridized carbons (Fsp3) is 0.333. The maximum atomic E-state index is 2.42. The average molecular weight is 228 g/mol. The van der Waals surface area contributed by atoms with Gasteiger partial charge in [0, 0.05) is 0 Å². The molecule has 0 spiro atoms. The minimum absolute atomic E-state index is 1.09. The van der Waals surface area contributed by atoms with E-state index in [1.165, 1.54) is 22.3 Å². The lowest BCUT2D eigenvalue weighted by molar-refractivity contribution is 1.19. The number of rotatable bonds is 2. The standard InChI is InChI=1S/C15H20Si/c1-12-10-14-7-5-6-13(15(14)11-12)8-9-16(2,3)4/h5-9,11H,10H2,1-4H3. The molecule has 1 aliphatic carbocycles. The van der Waals surface area contributed by atoms with Gasteiger partial charge >= 0.3 is 0 Å². The minimum Gasteiger partial charge on any atom is -0.0944 e. The molecule has 0 aliphatic heterocycles. The molecule has 1 aromatic carbocycles. The molecule has 0 atom stereocenters. The molecule has 1 aromatic rings. The lowest BCUT2D eigenvalue weighted by Crippen LogP contribution is -2.15. The summed E-state index contributed by atoms with van der Waals surface area (Å²) in [5.74, 6) is 0. The van der Waals surface area contributed by atoms with Gasteiger partial charge in [0.15, 0.2) is 0 Å². The highest BCUT2D eigenvalue weighted by atomic mass is 28.3. The molecule has 2 rings (SSSR count). The van der Waals surface area contributed by atoms with Crippen molar-refractivity contribution in [3.05, 3.63) is 46.2 Å². The van der Waals surface area contributed by atoms with Crippen molar-refractivity contribution in [1.29, 1.82) is 0 Å². The van der Waals surface area contributed by atoms with E-state index in [1.807, 2.05) is 0 Å². The predicted molar refractivity (Wildman–Crippen MR) is 76.2 cm³/mol. The maximum absolute atomic E-state index is 2.42. The van der Waals surface area contributed by atoms with Crippen molar-refractivity contribution in [3.8, 4) is 0 Å². The Morgan fingerprint density at radius 2 is 1.94 bits per heavy atom. The van der Waals surface area contributed by atoms with E-state index in [0.717, 1.165) is 6.42 Å². The fourth-order valence-corrected chi connectivity index (χ4v) is 2.73. The number of allylic oxidation sites excluding steroid dienone is 1. The lowest BCUT2D eigenvalue weighted by Gasteiger charge is -2.09. The molecule has 0 N–H and O–H groups in total. The highest BCUT2D eigenvalue weighted by molar-refractivity contribution is 6.81. The van der Waals surface area contributed by atoms with Crippen LogP contribution in [0.5, 0.6) is 0 Å². The van der Waals surface area contributed by atoms with Gasteiger partial charge in [-0.15, -0.1) is 0 Å². The van der Waals surface area contributed by atoms with Crippen LogP contribution in [0.1, 0.15) is 23.6 Å². The summed E-state index contributed by atoms with van der Waals surface area (Å²) in [6.07, 6.45) is 5.78. The Morgan fingerprint density at radius 1 is 1.19 bits per heavy atom. The third kappa shape index (κ3) is 2.53. The smallest absolute Gasteiger partial charge is 0.0687 e. The fourth-order valence-electron chi connectivity index (χ4n) is 2.05. The van der Waals surface area contributed by atoms with Crippen molar-refractivity contribution in [1.82, 2.24) is 0 Å². The molecular weight excluding hydrogens is 208 g/mol. The first kappa shape index (κ1) is 11.4. The van der Waals surface area contributed by atoms with Crippen LogP contribution in [0.15, 0.2) is 29.5 Å². The third-order valence-corrected chi connectivity index (χ3v) is 4.02. The summed E-state index contributed by atoms with van der Waals surface area (Å²) < 4.78 is 0. The molecule has 0 aromatic heterocycles. The SMILES string of the molecule is CC1=Cc2c(C=C[Si](C)(C)C)cccc2C1. The maximum Gasteiger partial charge on any atom is 0.0687 e. The van der Waals surface area contributed by atoms with E-state index in [1.54, 1.807) is 0 Å². The van der Waals surface area contributed by atoms with E-state index in [-0.39, 0.29) is 0 Å². The first-order chi connectivity index (χ1) is 7.46. The number of fused-ring (bicyclic) bond motifs is 1. The van der Waals surface area contributed by atoms with Gasteiger partial charge in [-0.1, -0.05) is 61.3 Å². The molecule has 1 heteroatoms. The Bertz CT molecular complexity index is 459. The highest BCUT2D eigenvalue weighted by Crippen LogP contribution is 2.28. The zero-order chi connectivity index (χ0) is 11.8. The molecule has 0 saturated heterocycles. The molecule has 84 valence electrons. The second-order valence-electron chi connectivity index (χ2n) is 5.79. The van der Waals surface area contributed by atoms with Crippen molar-refractivity contribution in [3.63, 3.8) is 0 Å². The summed E-state index contributed by atoms with van der Waals surface area (Å²) in [6.45, 7) is 9.32. The van der Waals surface area contributed by atoms with Crippen LogP contribution >= 0.6 is 0 Å². The Balaban J connectivity index is 2.37. The van der Waals surface area contributed by atoms with Crippen LogP contribution in [0.25, 0.3) is 12.2 Å². The molecule has 0 heterocycles. The van der Waals surface area contributed by atoms with Gasteiger partial charge in [-0.25, -0.2) is 0 Å². The number of hydrogen-bond acceptors (Lipinski definition) is 0. The molecule has 0 radical (unpaired) electrons. The van der Waals surface area contributed by atoms with E-state index in [0.29, 0.717) is 0 Å². The van der Waals surface area contributed by atoms with Crippen LogP contribution in [-0.4, -0.2) is 8.07 Å². The summed E-state index contributed by atoms with van der Waals surface area (Å²) in [4.78, 5) is 0. The minimum atomic E-state index is -1.09. The summed E-state index contributed by atoms with van der Waals surface area (Å²) in [6, 6.07) is 6.65. The first-order valence-corrected chi connectivity index (χ1v) is 9.52. The predicted octanol–water partition coefficient (Wildman–Crippen LogP) is 4.54. The normalized spacial score (nSPS) is 15.4. The van der Waals surface area contributed by atoms with Gasteiger partial charge in [0.2, 0.25) is 0 Å². The Labute approximate surface area is 99.7 Å². The van der Waals surface area contributed by atoms with Crippen LogP contribution in [0.3, 0.4) is 0 Å². The number of benzene rings is 1. The van der Waals surface area contributed by atoms with Crippen LogP contribution in [0.4, 0.5) is 0 Å². The summed E-state index contributed by atoms with van der Waals surface area (Å²) in [7, 11) is -1.09. The second-order valence-corrected chi connectivity index (χ2v) is 10.9. The van der Waals surface area contributed by atoms with Gasteiger partial charge < -0.3 is 0 Å². The first-order valence-electron chi connectivity index (χ1n) is 5.94. The average Bonchev–Trinajstić information content (AvgIpc) is 2.54. The van der Waals surface area contributed by atoms with Crippen molar-refractivity contribution >= 4 is 20.2 Å². The van der Waals surface area contributed by atoms with Gasteiger partial charge in [-0.2, -0.15) is 0 Å². The molecule has 0 nitrogen and oxygen atoms in total. The number of hydrogen-bond donors (Lipinski definition) is 0. The van der Waals surface area contributed by atoms with Gasteiger partial charge in [0.1, 0.15) is 0 Å². The largest absolute Gasteiger partial charge is 0.0944 e. The molecule has 16 heavy (non-hydrogen) atoms. The van der Waals surface area contributed by atoms with E-state index in [4.69, 9.17) is 0 Å². The van der Waals surface area contributed by atoms with Gasteiger partial charge in [0.25, 0.3) is 0 Å². The lowest BCUT2D eigenvalue weighted by atomic mass is 10.0. The summed E-state index contributed by atoms with van der Waals surface area (Å²) >= 11 is 0. The summed E-state index contributed by atoms with van der Waals surface area (Å²) in [5, 5.41) is 0. The van der Waals surface area contributed by atoms with Crippen LogP contribution in [-0.2, 0) is 6.42 Å². The molecule has 0 fully saturated rings. The van der Waals surface area contributed by atoms with Crippen LogP contribution < -0.4 is 0 Å². The molecule has 0 unspecified atom stereocenters. The van der Waals surface area contributed by atoms with E-state index >= 15 is 0 Å². The van der Waals surface area contributed by atoms with E-state index < -0.39 is 8.07 Å². The Hall–Kier alpha value is -1.08. The topological polar surface area (TPSA) is 0 Å². The third-order valence-electron chi connectivity index (χ3n) is 2.85. The zero-order valence-corrected chi connectivity index (χ0v) is 11.7. The summed E-state index contributed by atoms with van der Waals surface area (Å²) in [5.41, 5.74) is 8.20. The quantitative estimate of drug-likeness (QED) is 0.652. The van der Waals surface area contributed by atoms with Crippen molar-refractivity contribution < 1.29 is 0 Å². The van der Waals surface area contributed by atoms with Crippen LogP contribution in [0, 0.1) is 0 Å². The molecule has 0 bridgehead atoms. The molecule has 0 saturated carbocycles. The van der Waals surface area contributed by atoms with E-state index in [2.05, 4.69) is 62.6 Å². The highest BCUT2D eigenvalue weighted by Gasteiger charge is 2.12. The van der Waals surface area contributed by atoms with Crippen molar-refractivity contribution in [2.24, 2.45) is 0 Å². The van der Waals surface area contributed by atoms with Gasteiger partial charge in [0.05, 0.1) is 8.07 Å². The van der Waals surface area contributed by atoms with Gasteiger partial charge in [-0.3, -0.25) is 0 Å². The molecular formula is C15H20Si. The van der Waals surface area contributed by atoms with Crippen LogP contribution in [0.2, 0.25) is 19.6 Å². The van der Waals surface area contributed by atoms with Crippen molar-refractivity contribution in [2.75, 3.05) is 0 Å². The second kappa shape index (κ2) is 4.06.